The summed E-state index contributed by atoms with van der Waals surface area (Å²) in [5, 5.41) is 3.35. The number of halogens is 2. The molecule has 0 aliphatic carbocycles. The van der Waals surface area contributed by atoms with Crippen LogP contribution in [0.3, 0.4) is 0 Å². The van der Waals surface area contributed by atoms with E-state index in [2.05, 4.69) is 26.2 Å². The van der Waals surface area contributed by atoms with Gasteiger partial charge in [0.1, 0.15) is 0 Å². The van der Waals surface area contributed by atoms with Crippen LogP contribution in [0.5, 0.6) is 0 Å². The van der Waals surface area contributed by atoms with E-state index in [1.54, 1.807) is 20.4 Å². The Balaban J connectivity index is 2.17. The second-order valence-electron chi connectivity index (χ2n) is 3.97. The van der Waals surface area contributed by atoms with Crippen molar-refractivity contribution in [3.05, 3.63) is 43.8 Å². The van der Waals surface area contributed by atoms with E-state index in [4.69, 9.17) is 21.1 Å². The van der Waals surface area contributed by atoms with Gasteiger partial charge < -0.3 is 14.8 Å². The van der Waals surface area contributed by atoms with Crippen molar-refractivity contribution < 1.29 is 9.47 Å². The fourth-order valence-electron chi connectivity index (χ4n) is 1.79. The fourth-order valence-corrected chi connectivity index (χ4v) is 3.08. The number of rotatable bonds is 6. The van der Waals surface area contributed by atoms with Crippen molar-refractivity contribution in [1.82, 2.24) is 4.98 Å². The van der Waals surface area contributed by atoms with Gasteiger partial charge >= 0.3 is 0 Å². The molecule has 0 radical (unpaired) electrons. The van der Waals surface area contributed by atoms with Crippen molar-refractivity contribution in [2.75, 3.05) is 19.5 Å². The highest BCUT2D eigenvalue weighted by molar-refractivity contribution is 9.10. The number of nitrogens with one attached hydrogen (secondary N) is 1. The summed E-state index contributed by atoms with van der Waals surface area (Å²) >= 11 is 10.7. The Kier molecular flexibility index (Phi) is 5.80. The van der Waals surface area contributed by atoms with Crippen molar-refractivity contribution >= 4 is 44.6 Å². The zero-order chi connectivity index (χ0) is 14.5. The first kappa shape index (κ1) is 15.7. The molecule has 0 amide bonds. The summed E-state index contributed by atoms with van der Waals surface area (Å²) in [5.74, 6) is 0. The molecular weight excluding hydrogens is 364 g/mol. The third-order valence-corrected chi connectivity index (χ3v) is 4.28. The second-order valence-corrected chi connectivity index (χ2v) is 6.58. The topological polar surface area (TPSA) is 43.4 Å². The minimum absolute atomic E-state index is 0.417. The average Bonchev–Trinajstić information content (AvgIpc) is 2.85. The Morgan fingerprint density at radius 3 is 2.75 bits per heavy atom. The van der Waals surface area contributed by atoms with Gasteiger partial charge in [-0.2, -0.15) is 0 Å². The Morgan fingerprint density at radius 1 is 1.40 bits per heavy atom. The summed E-state index contributed by atoms with van der Waals surface area (Å²) in [6.45, 7) is 0.652. The molecule has 0 atom stereocenters. The quantitative estimate of drug-likeness (QED) is 0.755. The molecule has 7 heteroatoms. The number of ether oxygens (including phenoxy) is 2. The van der Waals surface area contributed by atoms with E-state index in [9.17, 15) is 0 Å². The van der Waals surface area contributed by atoms with Gasteiger partial charge in [-0.1, -0.05) is 27.5 Å². The maximum Gasteiger partial charge on any atom is 0.185 e. The lowest BCUT2D eigenvalue weighted by Crippen LogP contribution is -2.08. The molecule has 0 aliphatic rings. The number of thiazole rings is 1. The molecule has 1 aromatic heterocycles. The van der Waals surface area contributed by atoms with Crippen molar-refractivity contribution in [2.24, 2.45) is 0 Å². The molecule has 1 N–H and O–H groups in total. The lowest BCUT2D eigenvalue weighted by atomic mass is 10.1. The molecule has 0 saturated heterocycles. The average molecular weight is 378 g/mol. The van der Waals surface area contributed by atoms with Gasteiger partial charge in [-0.05, 0) is 18.2 Å². The normalized spacial score (nSPS) is 11.1. The van der Waals surface area contributed by atoms with Gasteiger partial charge in [0, 0.05) is 41.0 Å². The molecule has 0 fully saturated rings. The van der Waals surface area contributed by atoms with Gasteiger partial charge in [0.2, 0.25) is 0 Å². The Hall–Kier alpha value is -0.660. The van der Waals surface area contributed by atoms with Crippen molar-refractivity contribution in [3.8, 4) is 0 Å². The van der Waals surface area contributed by atoms with Gasteiger partial charge in [-0.25, -0.2) is 4.98 Å². The number of methoxy groups -OCH3 is 2. The number of anilines is 1. The number of hydrogen-bond acceptors (Lipinski definition) is 5. The molecule has 2 rings (SSSR count). The summed E-state index contributed by atoms with van der Waals surface area (Å²) in [4.78, 5) is 5.09. The standard InChI is InChI=1S/C13H14BrClN2O2S/c1-18-12(19-2)10-5-8(14)3-4-11(10)16-6-9-7-17-13(15)20-9/h3-5,7,12,16H,6H2,1-2H3. The molecular formula is C13H14BrClN2O2S. The minimum Gasteiger partial charge on any atom is -0.380 e. The number of aromatic nitrogens is 1. The molecule has 0 unspecified atom stereocenters. The Labute approximate surface area is 135 Å². The summed E-state index contributed by atoms with van der Waals surface area (Å²) in [6.07, 6.45) is 1.35. The molecule has 20 heavy (non-hydrogen) atoms. The van der Waals surface area contributed by atoms with Crippen molar-refractivity contribution in [1.29, 1.82) is 0 Å². The van der Waals surface area contributed by atoms with Gasteiger partial charge in [0.15, 0.2) is 10.8 Å². The summed E-state index contributed by atoms with van der Waals surface area (Å²) in [7, 11) is 3.23. The van der Waals surface area contributed by atoms with E-state index in [0.717, 1.165) is 20.6 Å². The first-order chi connectivity index (χ1) is 9.63. The van der Waals surface area contributed by atoms with Crippen LogP contribution in [0, 0.1) is 0 Å². The molecule has 2 aromatic rings. The van der Waals surface area contributed by atoms with E-state index in [1.165, 1.54) is 11.3 Å². The Bertz CT molecular complexity index is 575. The van der Waals surface area contributed by atoms with Crippen molar-refractivity contribution in [2.45, 2.75) is 12.8 Å². The van der Waals surface area contributed by atoms with Crippen LogP contribution < -0.4 is 5.32 Å². The largest absolute Gasteiger partial charge is 0.380 e. The van der Waals surface area contributed by atoms with E-state index < -0.39 is 6.29 Å². The van der Waals surface area contributed by atoms with E-state index >= 15 is 0 Å². The molecule has 0 bridgehead atoms. The van der Waals surface area contributed by atoms with Gasteiger partial charge in [-0.3, -0.25) is 0 Å². The van der Waals surface area contributed by atoms with E-state index in [1.807, 2.05) is 18.2 Å². The molecule has 4 nitrogen and oxygen atoms in total. The first-order valence-corrected chi connectivity index (χ1v) is 7.82. The zero-order valence-electron chi connectivity index (χ0n) is 11.0. The predicted molar refractivity (Wildman–Crippen MR) is 85.4 cm³/mol. The van der Waals surface area contributed by atoms with Crippen LogP contribution in [-0.4, -0.2) is 19.2 Å². The van der Waals surface area contributed by atoms with Crippen LogP contribution in [0.1, 0.15) is 16.7 Å². The SMILES string of the molecule is COC(OC)c1cc(Br)ccc1NCc1cnc(Cl)s1. The number of benzene rings is 1. The van der Waals surface area contributed by atoms with E-state index in [-0.39, 0.29) is 0 Å². The second kappa shape index (κ2) is 7.38. The monoisotopic (exact) mass is 376 g/mol. The third kappa shape index (κ3) is 3.93. The fraction of sp³-hybridized carbons (Fsp3) is 0.308. The lowest BCUT2D eigenvalue weighted by Gasteiger charge is -2.18. The molecule has 0 aliphatic heterocycles. The maximum atomic E-state index is 5.82. The van der Waals surface area contributed by atoms with Crippen molar-refractivity contribution in [3.63, 3.8) is 0 Å². The molecule has 1 heterocycles. The van der Waals surface area contributed by atoms with Crippen LogP contribution in [0.15, 0.2) is 28.9 Å². The summed E-state index contributed by atoms with van der Waals surface area (Å²) < 4.78 is 12.2. The molecule has 0 spiro atoms. The minimum atomic E-state index is -0.417. The summed E-state index contributed by atoms with van der Waals surface area (Å²) in [5.41, 5.74) is 1.88. The highest BCUT2D eigenvalue weighted by Gasteiger charge is 2.14. The highest BCUT2D eigenvalue weighted by Crippen LogP contribution is 2.30. The van der Waals surface area contributed by atoms with Gasteiger partial charge in [0.25, 0.3) is 0 Å². The molecule has 1 aromatic carbocycles. The molecule has 108 valence electrons. The zero-order valence-corrected chi connectivity index (χ0v) is 14.2. The van der Waals surface area contributed by atoms with Crippen LogP contribution in [0.2, 0.25) is 4.47 Å². The lowest BCUT2D eigenvalue weighted by molar-refractivity contribution is -0.105. The van der Waals surface area contributed by atoms with Crippen LogP contribution in [0.25, 0.3) is 0 Å². The summed E-state index contributed by atoms with van der Waals surface area (Å²) in [6, 6.07) is 5.92. The maximum absolute atomic E-state index is 5.82. The van der Waals surface area contributed by atoms with Gasteiger partial charge in [-0.15, -0.1) is 11.3 Å². The third-order valence-electron chi connectivity index (χ3n) is 2.67. The Morgan fingerprint density at radius 2 is 2.15 bits per heavy atom. The number of nitrogens with zero attached hydrogens (tertiary/aromatic N) is 1. The van der Waals surface area contributed by atoms with Crippen LogP contribution >= 0.6 is 38.9 Å². The molecule has 0 saturated carbocycles. The van der Waals surface area contributed by atoms with Crippen LogP contribution in [-0.2, 0) is 16.0 Å². The van der Waals surface area contributed by atoms with Crippen LogP contribution in [0.4, 0.5) is 5.69 Å². The first-order valence-electron chi connectivity index (χ1n) is 5.83. The predicted octanol–water partition coefficient (Wildman–Crippen LogP) is 4.46. The smallest absolute Gasteiger partial charge is 0.185 e. The van der Waals surface area contributed by atoms with E-state index in [0.29, 0.717) is 11.0 Å². The van der Waals surface area contributed by atoms with Gasteiger partial charge in [0.05, 0.1) is 6.54 Å². The highest BCUT2D eigenvalue weighted by atomic mass is 79.9. The number of hydrogen-bond donors (Lipinski definition) is 1.